The monoisotopic (exact) mass is 346 g/mol. The third-order valence-electron chi connectivity index (χ3n) is 3.00. The van der Waals surface area contributed by atoms with E-state index in [-0.39, 0.29) is 5.91 Å². The first kappa shape index (κ1) is 16.6. The van der Waals surface area contributed by atoms with Gasteiger partial charge < -0.3 is 9.88 Å². The number of carbonyl (C=O) groups excluding carboxylic acids is 1. The number of carbonyl (C=O) groups is 1. The Morgan fingerprint density at radius 2 is 2.11 bits per heavy atom. The molecule has 3 nitrogen and oxygen atoms in total. The lowest BCUT2D eigenvalue weighted by molar-refractivity contribution is 0.0944. The second-order valence-corrected chi connectivity index (χ2v) is 6.39. The van der Waals surface area contributed by atoms with E-state index in [2.05, 4.69) is 27.5 Å². The van der Waals surface area contributed by atoms with Gasteiger partial charge in [0.1, 0.15) is 5.69 Å². The summed E-state index contributed by atoms with van der Waals surface area (Å²) in [6, 6.07) is 1.87. The van der Waals surface area contributed by atoms with E-state index < -0.39 is 0 Å². The zero-order valence-corrected chi connectivity index (χ0v) is 14.1. The van der Waals surface area contributed by atoms with E-state index in [4.69, 9.17) is 0 Å². The van der Waals surface area contributed by atoms with Crippen molar-refractivity contribution >= 4 is 33.6 Å². The molecular weight excluding hydrogens is 324 g/mol. The van der Waals surface area contributed by atoms with Crippen LogP contribution in [-0.4, -0.2) is 29.0 Å². The molecule has 0 aliphatic heterocycles. The molecule has 0 atom stereocenters. The number of thioether (sulfide) groups is 1. The van der Waals surface area contributed by atoms with Crippen molar-refractivity contribution in [2.45, 2.75) is 39.2 Å². The molecular formula is C14H23BrN2OS. The van der Waals surface area contributed by atoms with Crippen molar-refractivity contribution in [3.63, 3.8) is 0 Å². The normalized spacial score (nSPS) is 10.7. The highest BCUT2D eigenvalue weighted by atomic mass is 79.9. The molecule has 1 heterocycles. The molecule has 108 valence electrons. The fourth-order valence-corrected chi connectivity index (χ4v) is 2.90. The number of hydrogen-bond acceptors (Lipinski definition) is 2. The fourth-order valence-electron chi connectivity index (χ4n) is 1.94. The SMILES string of the molecule is CCn1cc(Br)cc1C(=O)NCCCCCCSC. The lowest BCUT2D eigenvalue weighted by atomic mass is 10.2. The van der Waals surface area contributed by atoms with Crippen LogP contribution in [-0.2, 0) is 6.54 Å². The topological polar surface area (TPSA) is 34.0 Å². The summed E-state index contributed by atoms with van der Waals surface area (Å²) in [5, 5.41) is 2.99. The van der Waals surface area contributed by atoms with Gasteiger partial charge in [0.15, 0.2) is 0 Å². The number of aromatic nitrogens is 1. The van der Waals surface area contributed by atoms with Gasteiger partial charge in [0.05, 0.1) is 0 Å². The van der Waals surface area contributed by atoms with E-state index in [1.54, 1.807) is 0 Å². The van der Waals surface area contributed by atoms with Gasteiger partial charge in [-0.1, -0.05) is 12.8 Å². The first-order chi connectivity index (χ1) is 9.19. The number of unbranched alkanes of at least 4 members (excludes halogenated alkanes) is 3. The molecule has 0 fully saturated rings. The molecule has 19 heavy (non-hydrogen) atoms. The maximum absolute atomic E-state index is 12.0. The summed E-state index contributed by atoms with van der Waals surface area (Å²) in [6.45, 7) is 3.61. The molecule has 1 rings (SSSR count). The highest BCUT2D eigenvalue weighted by Crippen LogP contribution is 2.14. The van der Waals surface area contributed by atoms with Crippen LogP contribution in [0.2, 0.25) is 0 Å². The Hall–Kier alpha value is -0.420. The van der Waals surface area contributed by atoms with Gasteiger partial charge in [-0.15, -0.1) is 0 Å². The van der Waals surface area contributed by atoms with Gasteiger partial charge in [-0.3, -0.25) is 4.79 Å². The maximum atomic E-state index is 12.0. The Morgan fingerprint density at radius 3 is 2.79 bits per heavy atom. The Labute approximate surface area is 128 Å². The van der Waals surface area contributed by atoms with Crippen molar-refractivity contribution in [2.75, 3.05) is 18.6 Å². The van der Waals surface area contributed by atoms with Gasteiger partial charge in [0.2, 0.25) is 0 Å². The van der Waals surface area contributed by atoms with Crippen LogP contribution in [0.15, 0.2) is 16.7 Å². The Kier molecular flexibility index (Phi) is 8.30. The van der Waals surface area contributed by atoms with E-state index >= 15 is 0 Å². The van der Waals surface area contributed by atoms with Gasteiger partial charge in [0, 0.05) is 23.8 Å². The van der Waals surface area contributed by atoms with Crippen LogP contribution in [0.25, 0.3) is 0 Å². The third-order valence-corrected chi connectivity index (χ3v) is 4.13. The average molecular weight is 347 g/mol. The van der Waals surface area contributed by atoms with Crippen LogP contribution >= 0.6 is 27.7 Å². The highest BCUT2D eigenvalue weighted by molar-refractivity contribution is 9.10. The minimum absolute atomic E-state index is 0.0247. The molecule has 0 unspecified atom stereocenters. The number of nitrogens with one attached hydrogen (secondary N) is 1. The maximum Gasteiger partial charge on any atom is 0.267 e. The molecule has 1 amide bonds. The second kappa shape index (κ2) is 9.48. The number of aryl methyl sites for hydroxylation is 1. The lowest BCUT2D eigenvalue weighted by Gasteiger charge is -2.07. The number of halogens is 1. The van der Waals surface area contributed by atoms with Crippen molar-refractivity contribution in [3.8, 4) is 0 Å². The summed E-state index contributed by atoms with van der Waals surface area (Å²) in [7, 11) is 0. The van der Waals surface area contributed by atoms with Gasteiger partial charge >= 0.3 is 0 Å². The Morgan fingerprint density at radius 1 is 1.37 bits per heavy atom. The summed E-state index contributed by atoms with van der Waals surface area (Å²) in [4.78, 5) is 12.0. The molecule has 0 saturated heterocycles. The van der Waals surface area contributed by atoms with Gasteiger partial charge in [0.25, 0.3) is 5.91 Å². The standard InChI is InChI=1S/C14H23BrN2OS/c1-3-17-11-12(15)10-13(17)14(18)16-8-6-4-5-7-9-19-2/h10-11H,3-9H2,1-2H3,(H,16,18). The first-order valence-corrected chi connectivity index (χ1v) is 9.00. The number of nitrogens with zero attached hydrogens (tertiary/aromatic N) is 1. The summed E-state index contributed by atoms with van der Waals surface area (Å²) < 4.78 is 2.91. The molecule has 1 N–H and O–H groups in total. The van der Waals surface area contributed by atoms with Crippen LogP contribution in [0.1, 0.15) is 43.1 Å². The summed E-state index contributed by atoms with van der Waals surface area (Å²) >= 11 is 5.30. The lowest BCUT2D eigenvalue weighted by Crippen LogP contribution is -2.26. The van der Waals surface area contributed by atoms with Crippen LogP contribution in [0.5, 0.6) is 0 Å². The van der Waals surface area contributed by atoms with Crippen molar-refractivity contribution in [1.82, 2.24) is 9.88 Å². The van der Waals surface area contributed by atoms with E-state index in [0.717, 1.165) is 29.7 Å². The molecule has 1 aromatic heterocycles. The second-order valence-electron chi connectivity index (χ2n) is 4.49. The van der Waals surface area contributed by atoms with Gasteiger partial charge in [-0.25, -0.2) is 0 Å². The first-order valence-electron chi connectivity index (χ1n) is 6.81. The van der Waals surface area contributed by atoms with Crippen LogP contribution < -0.4 is 5.32 Å². The van der Waals surface area contributed by atoms with E-state index in [1.807, 2.05) is 35.5 Å². The summed E-state index contributed by atoms with van der Waals surface area (Å²) in [5.74, 6) is 1.27. The Balaban J connectivity index is 2.24. The number of hydrogen-bond donors (Lipinski definition) is 1. The summed E-state index contributed by atoms with van der Waals surface area (Å²) in [6.07, 6.45) is 8.88. The zero-order chi connectivity index (χ0) is 14.1. The molecule has 0 saturated carbocycles. The van der Waals surface area contributed by atoms with Crippen LogP contribution in [0, 0.1) is 0 Å². The molecule has 5 heteroatoms. The molecule has 0 aromatic carbocycles. The largest absolute Gasteiger partial charge is 0.351 e. The van der Waals surface area contributed by atoms with Crippen molar-refractivity contribution in [2.24, 2.45) is 0 Å². The number of rotatable bonds is 9. The minimum atomic E-state index is 0.0247. The zero-order valence-electron chi connectivity index (χ0n) is 11.7. The number of amides is 1. The average Bonchev–Trinajstić information content (AvgIpc) is 2.79. The molecule has 0 bridgehead atoms. The van der Waals surface area contributed by atoms with E-state index in [9.17, 15) is 4.79 Å². The van der Waals surface area contributed by atoms with Crippen LogP contribution in [0.4, 0.5) is 0 Å². The molecule has 0 radical (unpaired) electrons. The quantitative estimate of drug-likeness (QED) is 0.687. The highest BCUT2D eigenvalue weighted by Gasteiger charge is 2.11. The Bertz CT molecular complexity index is 393. The fraction of sp³-hybridized carbons (Fsp3) is 0.643. The minimum Gasteiger partial charge on any atom is -0.351 e. The molecule has 1 aromatic rings. The van der Waals surface area contributed by atoms with Crippen LogP contribution in [0.3, 0.4) is 0 Å². The molecule has 0 spiro atoms. The van der Waals surface area contributed by atoms with Gasteiger partial charge in [-0.05, 0) is 53.8 Å². The van der Waals surface area contributed by atoms with Crippen molar-refractivity contribution in [3.05, 3.63) is 22.4 Å². The van der Waals surface area contributed by atoms with E-state index in [1.165, 1.54) is 25.0 Å². The predicted molar refractivity (Wildman–Crippen MR) is 87.0 cm³/mol. The smallest absolute Gasteiger partial charge is 0.267 e. The molecule has 0 aliphatic carbocycles. The summed E-state index contributed by atoms with van der Waals surface area (Å²) in [5.41, 5.74) is 0.733. The predicted octanol–water partition coefficient (Wildman–Crippen LogP) is 3.92. The van der Waals surface area contributed by atoms with Crippen molar-refractivity contribution < 1.29 is 4.79 Å². The third kappa shape index (κ3) is 6.04. The molecule has 0 aliphatic rings. The van der Waals surface area contributed by atoms with Crippen molar-refractivity contribution in [1.29, 1.82) is 0 Å². The van der Waals surface area contributed by atoms with Gasteiger partial charge in [-0.2, -0.15) is 11.8 Å². The van der Waals surface area contributed by atoms with E-state index in [0.29, 0.717) is 0 Å².